The molecule has 1 aromatic carbocycles. The van der Waals surface area contributed by atoms with Crippen LogP contribution in [-0.4, -0.2) is 14.1 Å². The molecule has 2 aromatic rings. The second-order valence-corrected chi connectivity index (χ2v) is 19.7. The monoisotopic (exact) mass is 512 g/mol. The van der Waals surface area contributed by atoms with E-state index in [9.17, 15) is 0 Å². The minimum Gasteiger partial charge on any atom is -0.391 e. The molecule has 0 aliphatic rings. The molecular weight excluding hydrogens is 495 g/mol. The van der Waals surface area contributed by atoms with Crippen molar-refractivity contribution in [3.8, 4) is 5.69 Å². The smallest absolute Gasteiger partial charge is 0.391 e. The van der Waals surface area contributed by atoms with E-state index in [0.29, 0.717) is 15.1 Å². The number of hydrogen-bond acceptors (Lipinski definition) is 0. The van der Waals surface area contributed by atoms with Crippen LogP contribution in [-0.2, 0) is 13.0 Å². The van der Waals surface area contributed by atoms with Gasteiger partial charge in [0.15, 0.2) is 0 Å². The number of unbranched alkanes of at least 4 members (excludes halogenated alkanes) is 1. The van der Waals surface area contributed by atoms with Crippen molar-refractivity contribution in [2.75, 3.05) is 0 Å². The largest absolute Gasteiger partial charge is 0.564 e. The lowest BCUT2D eigenvalue weighted by Crippen LogP contribution is -2.44. The summed E-state index contributed by atoms with van der Waals surface area (Å²) in [5.74, 6) is 0. The SMILES string of the molecule is CCCCc1cc(C)n(CC)[n+]1-c1c(Cl)cc(Cl)cc1Cl.[Cl][Al-]([Cl])([Cl])[Cl]. The topological polar surface area (TPSA) is 8.81 Å². The fraction of sp³-hybridized carbons (Fsp3) is 0.438. The summed E-state index contributed by atoms with van der Waals surface area (Å²) >= 11 is 18.8. The van der Waals surface area contributed by atoms with E-state index in [1.165, 1.54) is 11.4 Å². The van der Waals surface area contributed by atoms with Crippen LogP contribution in [0.2, 0.25) is 15.1 Å². The number of aryl methyl sites for hydroxylation is 2. The Labute approximate surface area is 189 Å². The van der Waals surface area contributed by atoms with Gasteiger partial charge < -0.3 is 40.2 Å². The molecular formula is C16H20AlCl7N2. The van der Waals surface area contributed by atoms with Gasteiger partial charge in [0.2, 0.25) is 5.69 Å². The number of nitrogens with zero attached hydrogens (tertiary/aromatic N) is 2. The second-order valence-electron chi connectivity index (χ2n) is 5.62. The lowest BCUT2D eigenvalue weighted by molar-refractivity contribution is -0.692. The van der Waals surface area contributed by atoms with Crippen LogP contribution in [0.4, 0.5) is 0 Å². The fourth-order valence-electron chi connectivity index (χ4n) is 2.62. The van der Waals surface area contributed by atoms with E-state index in [1.54, 1.807) is 12.1 Å². The molecule has 0 saturated heterocycles. The van der Waals surface area contributed by atoms with Crippen LogP contribution in [0.5, 0.6) is 0 Å². The summed E-state index contributed by atoms with van der Waals surface area (Å²) in [6, 6.07) is 5.69. The van der Waals surface area contributed by atoms with Gasteiger partial charge >= 0.3 is 9.39 Å². The molecule has 2 nitrogen and oxygen atoms in total. The minimum atomic E-state index is -2.94. The molecule has 0 bridgehead atoms. The fourth-order valence-corrected chi connectivity index (χ4v) is 3.59. The van der Waals surface area contributed by atoms with Gasteiger partial charge in [-0.2, -0.15) is 4.68 Å². The zero-order valence-corrected chi connectivity index (χ0v) is 21.1. The van der Waals surface area contributed by atoms with Gasteiger partial charge in [0.05, 0.1) is 12.2 Å². The van der Waals surface area contributed by atoms with Gasteiger partial charge in [-0.3, -0.25) is 0 Å². The van der Waals surface area contributed by atoms with E-state index in [-0.39, 0.29) is 0 Å². The van der Waals surface area contributed by atoms with Crippen molar-refractivity contribution in [2.45, 2.75) is 46.6 Å². The molecule has 0 saturated carbocycles. The van der Waals surface area contributed by atoms with Crippen molar-refractivity contribution >= 4 is 84.4 Å². The van der Waals surface area contributed by atoms with Crippen LogP contribution in [0.15, 0.2) is 18.2 Å². The summed E-state index contributed by atoms with van der Waals surface area (Å²) in [5.41, 5.74) is 3.23. The molecule has 0 N–H and O–H groups in total. The standard InChI is InChI=1S/C16H20Cl3N2.Al.4ClH/c1-4-6-7-13-8-11(3)20(5-2)21(13)16-14(18)9-12(17)10-15(16)19;;;;;/h8-10H,4-7H2,1-3H3;;4*1H/q+1;+3;;;;/p-4. The molecule has 0 fully saturated rings. The molecule has 0 radical (unpaired) electrons. The van der Waals surface area contributed by atoms with Crippen molar-refractivity contribution in [2.24, 2.45) is 0 Å². The van der Waals surface area contributed by atoms with Crippen LogP contribution < -0.4 is 4.68 Å². The average Bonchev–Trinajstić information content (AvgIpc) is 2.78. The summed E-state index contributed by atoms with van der Waals surface area (Å²) in [4.78, 5) is 0. The van der Waals surface area contributed by atoms with Gasteiger partial charge in [-0.1, -0.05) is 52.8 Å². The predicted octanol–water partition coefficient (Wildman–Crippen LogP) is 7.77. The summed E-state index contributed by atoms with van der Waals surface area (Å²) < 4.78 is 4.32. The maximum atomic E-state index is 6.41. The summed E-state index contributed by atoms with van der Waals surface area (Å²) in [6.07, 6.45) is 3.29. The zero-order valence-electron chi connectivity index (χ0n) is 14.7. The molecule has 0 unspecified atom stereocenters. The van der Waals surface area contributed by atoms with Crippen LogP contribution in [0, 0.1) is 6.92 Å². The third kappa shape index (κ3) is 7.78. The van der Waals surface area contributed by atoms with Crippen molar-refractivity contribution in [1.82, 2.24) is 4.68 Å². The van der Waals surface area contributed by atoms with Crippen LogP contribution >= 0.6 is 75.0 Å². The Bertz CT molecular complexity index is 712. The Morgan fingerprint density at radius 1 is 0.962 bits per heavy atom. The van der Waals surface area contributed by atoms with Crippen LogP contribution in [0.3, 0.4) is 0 Å². The number of aromatic nitrogens is 2. The van der Waals surface area contributed by atoms with Gasteiger partial charge in [-0.05, 0) is 32.4 Å². The molecule has 1 aromatic heterocycles. The number of benzene rings is 1. The average molecular weight is 516 g/mol. The van der Waals surface area contributed by atoms with E-state index in [0.717, 1.165) is 31.5 Å². The maximum Gasteiger partial charge on any atom is 0.564 e. The Balaban J connectivity index is 0.000000597. The molecule has 0 aliphatic heterocycles. The second kappa shape index (κ2) is 11.2. The van der Waals surface area contributed by atoms with Crippen molar-refractivity contribution in [3.05, 3.63) is 44.7 Å². The molecule has 0 spiro atoms. The van der Waals surface area contributed by atoms with E-state index in [4.69, 9.17) is 75.0 Å². The van der Waals surface area contributed by atoms with E-state index >= 15 is 0 Å². The minimum absolute atomic E-state index is 0.552. The molecule has 2 rings (SSSR count). The first-order chi connectivity index (χ1) is 12.0. The molecule has 0 atom stereocenters. The summed E-state index contributed by atoms with van der Waals surface area (Å²) in [5, 5.41) is 1.70. The molecule has 1 heterocycles. The van der Waals surface area contributed by atoms with Crippen molar-refractivity contribution < 1.29 is 4.68 Å². The maximum absolute atomic E-state index is 6.41. The molecule has 26 heavy (non-hydrogen) atoms. The van der Waals surface area contributed by atoms with Crippen molar-refractivity contribution in [1.29, 1.82) is 0 Å². The molecule has 146 valence electrons. The first kappa shape index (κ1) is 25.0. The molecule has 0 amide bonds. The van der Waals surface area contributed by atoms with Gasteiger partial charge in [0.1, 0.15) is 10.0 Å². The normalized spacial score (nSPS) is 11.3. The lowest BCUT2D eigenvalue weighted by Gasteiger charge is -2.07. The number of hydrogen-bond donors (Lipinski definition) is 0. The highest BCUT2D eigenvalue weighted by Crippen LogP contribution is 2.30. The highest BCUT2D eigenvalue weighted by Gasteiger charge is 2.27. The molecule has 0 aliphatic carbocycles. The van der Waals surface area contributed by atoms with Crippen molar-refractivity contribution in [3.63, 3.8) is 0 Å². The summed E-state index contributed by atoms with van der Waals surface area (Å²) in [6.45, 7) is 7.27. The Morgan fingerprint density at radius 2 is 1.46 bits per heavy atom. The third-order valence-corrected chi connectivity index (χ3v) is 4.37. The first-order valence-corrected chi connectivity index (χ1v) is 16.2. The van der Waals surface area contributed by atoms with Gasteiger partial charge in [-0.15, -0.1) is 0 Å². The van der Waals surface area contributed by atoms with E-state index in [1.807, 2.05) is 0 Å². The Hall–Kier alpha value is 0.992. The third-order valence-electron chi connectivity index (χ3n) is 3.58. The van der Waals surface area contributed by atoms with Gasteiger partial charge in [-0.25, -0.2) is 0 Å². The Morgan fingerprint density at radius 3 is 1.88 bits per heavy atom. The highest BCUT2D eigenvalue weighted by atomic mass is 35.9. The lowest BCUT2D eigenvalue weighted by atomic mass is 10.2. The quantitative estimate of drug-likeness (QED) is 0.284. The predicted molar refractivity (Wildman–Crippen MR) is 119 cm³/mol. The number of halogens is 7. The molecule has 10 heteroatoms. The van der Waals surface area contributed by atoms with E-state index < -0.39 is 9.39 Å². The van der Waals surface area contributed by atoms with Gasteiger partial charge in [0.25, 0.3) is 5.69 Å². The summed E-state index contributed by atoms with van der Waals surface area (Å²) in [7, 11) is 17.0. The van der Waals surface area contributed by atoms with Crippen LogP contribution in [0.1, 0.15) is 38.1 Å². The van der Waals surface area contributed by atoms with Crippen LogP contribution in [0.25, 0.3) is 5.69 Å². The highest BCUT2D eigenvalue weighted by molar-refractivity contribution is 7.81. The van der Waals surface area contributed by atoms with E-state index in [2.05, 4.69) is 36.2 Å². The van der Waals surface area contributed by atoms with Gasteiger partial charge in [0, 0.05) is 17.5 Å². The zero-order chi connectivity index (χ0) is 20.1. The first-order valence-electron chi connectivity index (χ1n) is 8.13. The Kier molecular flexibility index (Phi) is 10.8. The number of rotatable bonds is 5.